The van der Waals surface area contributed by atoms with Crippen molar-refractivity contribution in [2.24, 2.45) is 0 Å². The molecule has 2 fully saturated rings. The third kappa shape index (κ3) is 2.76. The van der Waals surface area contributed by atoms with Crippen LogP contribution in [-0.4, -0.2) is 47.3 Å². The van der Waals surface area contributed by atoms with Crippen LogP contribution in [0.15, 0.2) is 42.6 Å². The van der Waals surface area contributed by atoms with E-state index in [0.717, 1.165) is 30.4 Å². The predicted molar refractivity (Wildman–Crippen MR) is 84.3 cm³/mol. The van der Waals surface area contributed by atoms with Gasteiger partial charge in [0.2, 0.25) is 0 Å². The minimum atomic E-state index is 0.887. The topological polar surface area (TPSA) is 32.3 Å². The van der Waals surface area contributed by atoms with Crippen molar-refractivity contribution in [3.05, 3.63) is 42.6 Å². The Labute approximate surface area is 125 Å². The van der Waals surface area contributed by atoms with Gasteiger partial charge in [-0.1, -0.05) is 12.1 Å². The van der Waals surface area contributed by atoms with Gasteiger partial charge in [0.1, 0.15) is 0 Å². The van der Waals surface area contributed by atoms with Crippen molar-refractivity contribution in [3.63, 3.8) is 0 Å². The Morgan fingerprint density at radius 3 is 2.52 bits per heavy atom. The maximum atomic E-state index is 4.20. The molecule has 0 radical (unpaired) electrons. The maximum Gasteiger partial charge on any atom is 0.0930 e. The molecule has 1 aromatic carbocycles. The lowest BCUT2D eigenvalue weighted by molar-refractivity contribution is 0.248. The molecular formula is C17H20N4. The number of hydrogen-bond donors (Lipinski definition) is 0. The standard InChI is InChI=1S/C17H20N4/c1-3-14(17-5-2-8-18-19-17)13-16(4-1)21-11-9-20(10-12-21)15-6-7-15/h1-5,8,13,15H,6-7,9-12H2. The highest BCUT2D eigenvalue weighted by Crippen LogP contribution is 2.29. The molecule has 0 spiro atoms. The van der Waals surface area contributed by atoms with Gasteiger partial charge in [-0.3, -0.25) is 4.90 Å². The van der Waals surface area contributed by atoms with Crippen LogP contribution in [0.2, 0.25) is 0 Å². The molecule has 0 atom stereocenters. The van der Waals surface area contributed by atoms with E-state index in [-0.39, 0.29) is 0 Å². The van der Waals surface area contributed by atoms with Gasteiger partial charge in [0, 0.05) is 49.7 Å². The molecule has 108 valence electrons. The van der Waals surface area contributed by atoms with E-state index >= 15 is 0 Å². The average molecular weight is 280 g/mol. The second kappa shape index (κ2) is 5.45. The van der Waals surface area contributed by atoms with E-state index in [1.54, 1.807) is 6.20 Å². The Morgan fingerprint density at radius 2 is 1.81 bits per heavy atom. The van der Waals surface area contributed by atoms with Gasteiger partial charge in [0.15, 0.2) is 0 Å². The van der Waals surface area contributed by atoms with E-state index in [1.807, 2.05) is 12.1 Å². The summed E-state index contributed by atoms with van der Waals surface area (Å²) < 4.78 is 0. The molecule has 2 aliphatic rings. The third-order valence-electron chi connectivity index (χ3n) is 4.46. The first-order chi connectivity index (χ1) is 10.4. The number of piperazine rings is 1. The van der Waals surface area contributed by atoms with Gasteiger partial charge in [-0.2, -0.15) is 10.2 Å². The van der Waals surface area contributed by atoms with Crippen LogP contribution in [0.1, 0.15) is 12.8 Å². The normalized spacial score (nSPS) is 19.7. The molecule has 4 rings (SSSR count). The molecule has 21 heavy (non-hydrogen) atoms. The summed E-state index contributed by atoms with van der Waals surface area (Å²) in [5.74, 6) is 0. The van der Waals surface area contributed by atoms with Gasteiger partial charge < -0.3 is 4.90 Å². The quantitative estimate of drug-likeness (QED) is 0.864. The second-order valence-corrected chi connectivity index (χ2v) is 5.91. The molecule has 1 saturated carbocycles. The first-order valence-electron chi connectivity index (χ1n) is 7.77. The summed E-state index contributed by atoms with van der Waals surface area (Å²) in [7, 11) is 0. The van der Waals surface area contributed by atoms with E-state index in [2.05, 4.69) is 44.3 Å². The Bertz CT molecular complexity index is 601. The molecule has 4 heteroatoms. The van der Waals surface area contributed by atoms with Crippen molar-refractivity contribution in [1.29, 1.82) is 0 Å². The summed E-state index contributed by atoms with van der Waals surface area (Å²) in [4.78, 5) is 5.13. The lowest BCUT2D eigenvalue weighted by atomic mass is 10.1. The van der Waals surface area contributed by atoms with Gasteiger partial charge in [0.25, 0.3) is 0 Å². The van der Waals surface area contributed by atoms with E-state index in [0.29, 0.717) is 0 Å². The number of hydrogen-bond acceptors (Lipinski definition) is 4. The van der Waals surface area contributed by atoms with Crippen LogP contribution in [0.3, 0.4) is 0 Å². The van der Waals surface area contributed by atoms with Crippen LogP contribution in [0.25, 0.3) is 11.3 Å². The van der Waals surface area contributed by atoms with Gasteiger partial charge in [-0.15, -0.1) is 0 Å². The Balaban J connectivity index is 1.50. The number of rotatable bonds is 3. The van der Waals surface area contributed by atoms with Crippen molar-refractivity contribution in [2.75, 3.05) is 31.1 Å². The van der Waals surface area contributed by atoms with Crippen LogP contribution < -0.4 is 4.90 Å². The van der Waals surface area contributed by atoms with Gasteiger partial charge in [0.05, 0.1) is 5.69 Å². The Hall–Kier alpha value is -1.94. The number of aromatic nitrogens is 2. The number of anilines is 1. The molecule has 1 aliphatic carbocycles. The largest absolute Gasteiger partial charge is 0.369 e. The molecule has 1 aliphatic heterocycles. The smallest absolute Gasteiger partial charge is 0.0930 e. The van der Waals surface area contributed by atoms with Crippen molar-refractivity contribution < 1.29 is 0 Å². The van der Waals surface area contributed by atoms with Crippen molar-refractivity contribution in [3.8, 4) is 11.3 Å². The van der Waals surface area contributed by atoms with E-state index in [9.17, 15) is 0 Å². The Morgan fingerprint density at radius 1 is 0.952 bits per heavy atom. The summed E-state index contributed by atoms with van der Waals surface area (Å²) in [5, 5.41) is 8.17. The number of nitrogens with zero attached hydrogens (tertiary/aromatic N) is 4. The molecule has 2 aromatic rings. The highest BCUT2D eigenvalue weighted by molar-refractivity contribution is 5.65. The highest BCUT2D eigenvalue weighted by Gasteiger charge is 2.31. The van der Waals surface area contributed by atoms with Crippen molar-refractivity contribution in [2.45, 2.75) is 18.9 Å². The molecule has 2 heterocycles. The van der Waals surface area contributed by atoms with Crippen LogP contribution in [0.5, 0.6) is 0 Å². The maximum absolute atomic E-state index is 4.20. The summed E-state index contributed by atoms with van der Waals surface area (Å²) in [6.45, 7) is 4.64. The fourth-order valence-electron chi connectivity index (χ4n) is 3.10. The zero-order chi connectivity index (χ0) is 14.1. The highest BCUT2D eigenvalue weighted by atomic mass is 15.3. The molecule has 1 saturated heterocycles. The lowest BCUT2D eigenvalue weighted by Crippen LogP contribution is -2.47. The lowest BCUT2D eigenvalue weighted by Gasteiger charge is -2.36. The van der Waals surface area contributed by atoms with Crippen LogP contribution in [-0.2, 0) is 0 Å². The minimum absolute atomic E-state index is 0.887. The predicted octanol–water partition coefficient (Wildman–Crippen LogP) is 2.43. The van der Waals surface area contributed by atoms with Crippen LogP contribution >= 0.6 is 0 Å². The fraction of sp³-hybridized carbons (Fsp3) is 0.412. The monoisotopic (exact) mass is 280 g/mol. The molecular weight excluding hydrogens is 260 g/mol. The van der Waals surface area contributed by atoms with Crippen LogP contribution in [0, 0.1) is 0 Å². The summed E-state index contributed by atoms with van der Waals surface area (Å²) in [6, 6.07) is 13.5. The Kier molecular flexibility index (Phi) is 3.31. The first kappa shape index (κ1) is 12.8. The van der Waals surface area contributed by atoms with E-state index < -0.39 is 0 Å². The van der Waals surface area contributed by atoms with E-state index in [1.165, 1.54) is 31.6 Å². The SMILES string of the molecule is c1cc(-c2cccnn2)cc(N2CCN(C3CC3)CC2)c1. The van der Waals surface area contributed by atoms with Gasteiger partial charge in [-0.05, 0) is 37.1 Å². The molecule has 1 aromatic heterocycles. The molecule has 0 amide bonds. The molecule has 0 unspecified atom stereocenters. The van der Waals surface area contributed by atoms with Gasteiger partial charge >= 0.3 is 0 Å². The van der Waals surface area contributed by atoms with Gasteiger partial charge in [-0.25, -0.2) is 0 Å². The van der Waals surface area contributed by atoms with E-state index in [4.69, 9.17) is 0 Å². The molecule has 0 N–H and O–H groups in total. The summed E-state index contributed by atoms with van der Waals surface area (Å²) >= 11 is 0. The number of benzene rings is 1. The first-order valence-corrected chi connectivity index (χ1v) is 7.77. The van der Waals surface area contributed by atoms with Crippen LogP contribution in [0.4, 0.5) is 5.69 Å². The zero-order valence-corrected chi connectivity index (χ0v) is 12.2. The van der Waals surface area contributed by atoms with Crippen molar-refractivity contribution >= 4 is 5.69 Å². The van der Waals surface area contributed by atoms with Crippen molar-refractivity contribution in [1.82, 2.24) is 15.1 Å². The second-order valence-electron chi connectivity index (χ2n) is 5.91. The fourth-order valence-corrected chi connectivity index (χ4v) is 3.10. The zero-order valence-electron chi connectivity index (χ0n) is 12.2. The summed E-state index contributed by atoms with van der Waals surface area (Å²) in [6.07, 6.45) is 4.52. The molecule has 0 bridgehead atoms. The minimum Gasteiger partial charge on any atom is -0.369 e. The average Bonchev–Trinajstić information content (AvgIpc) is 3.41. The third-order valence-corrected chi connectivity index (χ3v) is 4.46. The molecule has 4 nitrogen and oxygen atoms in total. The summed E-state index contributed by atoms with van der Waals surface area (Å²) in [5.41, 5.74) is 3.38.